The molecular formula is C28H31LiSi. The summed E-state index contributed by atoms with van der Waals surface area (Å²) >= 11 is 0. The zero-order valence-electron chi connectivity index (χ0n) is 17.9. The van der Waals surface area contributed by atoms with E-state index < -0.39 is 8.07 Å². The van der Waals surface area contributed by atoms with Crippen molar-refractivity contribution in [2.75, 3.05) is 0 Å². The summed E-state index contributed by atoms with van der Waals surface area (Å²) in [5.74, 6) is 0.626. The molecule has 148 valence electrons. The Bertz CT molecular complexity index is 1150. The maximum absolute atomic E-state index is 2.65. The average molecular weight is 403 g/mol. The van der Waals surface area contributed by atoms with Crippen LogP contribution in [-0.4, -0.2) is 26.9 Å². The van der Waals surface area contributed by atoms with Gasteiger partial charge in [0.25, 0.3) is 0 Å². The summed E-state index contributed by atoms with van der Waals surface area (Å²) < 4.78 is 0. The molecule has 0 spiro atoms. The summed E-state index contributed by atoms with van der Waals surface area (Å²) in [7, 11) is -1.69. The summed E-state index contributed by atoms with van der Waals surface area (Å²) in [6, 6.07) is 22.7. The summed E-state index contributed by atoms with van der Waals surface area (Å²) in [6.45, 7) is 9.90. The predicted molar refractivity (Wildman–Crippen MR) is 137 cm³/mol. The molecule has 2 aliphatic carbocycles. The van der Waals surface area contributed by atoms with Gasteiger partial charge in [-0.25, -0.2) is 0 Å². The number of fused-ring (bicyclic) bond motifs is 4. The van der Waals surface area contributed by atoms with Crippen LogP contribution in [0.5, 0.6) is 0 Å². The summed E-state index contributed by atoms with van der Waals surface area (Å²) in [6.07, 6.45) is 8.77. The van der Waals surface area contributed by atoms with Gasteiger partial charge in [0.15, 0.2) is 0 Å². The van der Waals surface area contributed by atoms with Crippen molar-refractivity contribution in [3.05, 3.63) is 95.1 Å². The molecule has 0 aliphatic heterocycles. The van der Waals surface area contributed by atoms with E-state index in [0.29, 0.717) is 17.0 Å². The molecule has 0 heterocycles. The standard InChI is InChI=1S/C28H30Si.Li.H/c1-5-19(2)26-18-28(24-13-9-8-12-22(24)26)29(3,4)27-17-16-23-21-11-7-6-10-20(21)14-15-25(23)27;;/h6-19,27-28H,5H2,1-4H3;;. The Balaban J connectivity index is 0.00000218. The van der Waals surface area contributed by atoms with Crippen LogP contribution in [0, 0.1) is 5.92 Å². The van der Waals surface area contributed by atoms with Gasteiger partial charge in [-0.15, -0.1) is 0 Å². The van der Waals surface area contributed by atoms with E-state index in [1.807, 2.05) is 0 Å². The molecule has 3 aromatic carbocycles. The molecular weight excluding hydrogens is 371 g/mol. The number of allylic oxidation sites excluding steroid dienone is 3. The van der Waals surface area contributed by atoms with Crippen LogP contribution in [-0.2, 0) is 0 Å². The van der Waals surface area contributed by atoms with Crippen LogP contribution in [0.2, 0.25) is 13.1 Å². The van der Waals surface area contributed by atoms with Crippen molar-refractivity contribution in [2.45, 2.75) is 44.4 Å². The van der Waals surface area contributed by atoms with Crippen LogP contribution in [0.3, 0.4) is 0 Å². The first kappa shape index (κ1) is 21.4. The van der Waals surface area contributed by atoms with Crippen molar-refractivity contribution < 1.29 is 0 Å². The van der Waals surface area contributed by atoms with Gasteiger partial charge in [-0.1, -0.05) is 106 Å². The van der Waals surface area contributed by atoms with Crippen LogP contribution in [0.4, 0.5) is 0 Å². The van der Waals surface area contributed by atoms with E-state index in [2.05, 4.69) is 106 Å². The van der Waals surface area contributed by atoms with Gasteiger partial charge in [0, 0.05) is 0 Å². The van der Waals surface area contributed by atoms with Crippen molar-refractivity contribution >= 4 is 49.4 Å². The number of rotatable bonds is 4. The molecule has 0 amide bonds. The van der Waals surface area contributed by atoms with E-state index in [-0.39, 0.29) is 18.9 Å². The van der Waals surface area contributed by atoms with E-state index in [1.54, 1.807) is 16.7 Å². The van der Waals surface area contributed by atoms with Gasteiger partial charge in [-0.2, -0.15) is 0 Å². The van der Waals surface area contributed by atoms with Crippen LogP contribution in [0.1, 0.15) is 53.6 Å². The van der Waals surface area contributed by atoms with Gasteiger partial charge in [0.2, 0.25) is 0 Å². The second kappa shape index (κ2) is 8.04. The zero-order chi connectivity index (χ0) is 20.2. The second-order valence-electron chi connectivity index (χ2n) is 9.44. The summed E-state index contributed by atoms with van der Waals surface area (Å²) in [4.78, 5) is 0. The van der Waals surface area contributed by atoms with Crippen LogP contribution < -0.4 is 0 Å². The fourth-order valence-corrected chi connectivity index (χ4v) is 9.26. The number of hydrogen-bond acceptors (Lipinski definition) is 0. The Morgan fingerprint density at radius 2 is 1.60 bits per heavy atom. The molecule has 3 atom stereocenters. The first-order valence-corrected chi connectivity index (χ1v) is 14.2. The van der Waals surface area contributed by atoms with Gasteiger partial charge in [0.1, 0.15) is 0 Å². The molecule has 2 aliphatic rings. The van der Waals surface area contributed by atoms with Gasteiger partial charge < -0.3 is 0 Å². The quantitative estimate of drug-likeness (QED) is 0.401. The van der Waals surface area contributed by atoms with E-state index >= 15 is 0 Å². The molecule has 5 rings (SSSR count). The Kier molecular flexibility index (Phi) is 5.75. The normalized spacial score (nSPS) is 20.5. The van der Waals surface area contributed by atoms with Crippen molar-refractivity contribution in [3.63, 3.8) is 0 Å². The molecule has 0 bridgehead atoms. The van der Waals surface area contributed by atoms with Crippen LogP contribution in [0.15, 0.2) is 72.8 Å². The van der Waals surface area contributed by atoms with Crippen LogP contribution in [0.25, 0.3) is 22.4 Å². The monoisotopic (exact) mass is 402 g/mol. The third kappa shape index (κ3) is 3.20. The minimum absolute atomic E-state index is 0. The molecule has 0 radical (unpaired) electrons. The minimum atomic E-state index is -1.69. The predicted octanol–water partition coefficient (Wildman–Crippen LogP) is 7.32. The molecule has 3 aromatic rings. The molecule has 3 unspecified atom stereocenters. The molecule has 0 fully saturated rings. The SMILES string of the molecule is CCC(C)C1=CC([Si](C)(C)C2C=Cc3c2ccc2ccccc32)c2ccccc21.[LiH]. The molecule has 2 heteroatoms. The topological polar surface area (TPSA) is 0 Å². The molecule has 0 saturated heterocycles. The van der Waals surface area contributed by atoms with Crippen molar-refractivity contribution in [1.82, 2.24) is 0 Å². The van der Waals surface area contributed by atoms with Gasteiger partial charge in [0.05, 0.1) is 8.07 Å². The Morgan fingerprint density at radius 1 is 0.867 bits per heavy atom. The zero-order valence-corrected chi connectivity index (χ0v) is 18.9. The summed E-state index contributed by atoms with van der Waals surface area (Å²) in [5.41, 5.74) is 8.79. The number of benzene rings is 3. The molecule has 0 N–H and O–H groups in total. The first-order valence-electron chi connectivity index (χ1n) is 11.0. The Morgan fingerprint density at radius 3 is 2.40 bits per heavy atom. The average Bonchev–Trinajstić information content (AvgIpc) is 3.36. The fourth-order valence-electron chi connectivity index (χ4n) is 5.56. The van der Waals surface area contributed by atoms with Crippen molar-refractivity contribution in [1.29, 1.82) is 0 Å². The van der Waals surface area contributed by atoms with Gasteiger partial charge >= 0.3 is 18.9 Å². The van der Waals surface area contributed by atoms with E-state index in [0.717, 1.165) is 0 Å². The van der Waals surface area contributed by atoms with E-state index in [4.69, 9.17) is 0 Å². The first-order chi connectivity index (χ1) is 14.0. The van der Waals surface area contributed by atoms with Crippen molar-refractivity contribution in [3.8, 4) is 0 Å². The molecule has 0 saturated carbocycles. The Labute approximate surface area is 194 Å². The molecule has 0 aromatic heterocycles. The summed E-state index contributed by atoms with van der Waals surface area (Å²) in [5, 5.41) is 2.75. The second-order valence-corrected chi connectivity index (χ2v) is 14.3. The third-order valence-corrected chi connectivity index (χ3v) is 11.7. The van der Waals surface area contributed by atoms with Crippen LogP contribution >= 0.6 is 0 Å². The molecule has 30 heavy (non-hydrogen) atoms. The van der Waals surface area contributed by atoms with E-state index in [1.165, 1.54) is 28.3 Å². The van der Waals surface area contributed by atoms with Crippen molar-refractivity contribution in [2.24, 2.45) is 5.92 Å². The van der Waals surface area contributed by atoms with Gasteiger partial charge in [-0.3, -0.25) is 0 Å². The third-order valence-electron chi connectivity index (χ3n) is 7.49. The molecule has 0 nitrogen and oxygen atoms in total. The maximum atomic E-state index is 2.65. The van der Waals surface area contributed by atoms with Gasteiger partial charge in [-0.05, 0) is 62.0 Å². The van der Waals surface area contributed by atoms with E-state index in [9.17, 15) is 0 Å². The fraction of sp³-hybridized carbons (Fsp3) is 0.286. The number of hydrogen-bond donors (Lipinski definition) is 0. The Hall–Kier alpha value is -1.79.